The molecule has 4 rings (SSSR count). The first-order chi connectivity index (χ1) is 15.9. The number of hydrogen-bond acceptors (Lipinski definition) is 5. The largest absolute Gasteiger partial charge is 0.343 e. The molecule has 2 aromatic rings. The number of rotatable bonds is 5. The molecule has 9 heteroatoms. The third kappa shape index (κ3) is 5.23. The summed E-state index contributed by atoms with van der Waals surface area (Å²) in [6, 6.07) is 8.27. The summed E-state index contributed by atoms with van der Waals surface area (Å²) in [6.07, 6.45) is 6.95. The van der Waals surface area contributed by atoms with Gasteiger partial charge in [0.15, 0.2) is 0 Å². The van der Waals surface area contributed by atoms with Crippen molar-refractivity contribution in [2.75, 3.05) is 19.6 Å². The van der Waals surface area contributed by atoms with Gasteiger partial charge >= 0.3 is 0 Å². The average molecular weight is 451 g/mol. The molecule has 1 fully saturated rings. The van der Waals surface area contributed by atoms with Gasteiger partial charge in [-0.3, -0.25) is 14.6 Å². The SMILES string of the molecule is N#C[C@@H]1CC(F)(F)CN1C(=O)CNC(=O)c1ccncc1/C=C/c1ccc2c(c1)CCNC2. The molecule has 1 saturated heterocycles. The van der Waals surface area contributed by atoms with Gasteiger partial charge in [-0.1, -0.05) is 30.4 Å². The molecule has 0 aliphatic carbocycles. The number of carbonyl (C=O) groups excluding carboxylic acids is 2. The molecule has 0 saturated carbocycles. The van der Waals surface area contributed by atoms with Crippen molar-refractivity contribution in [3.05, 3.63) is 64.5 Å². The maximum absolute atomic E-state index is 13.6. The van der Waals surface area contributed by atoms with Gasteiger partial charge in [-0.25, -0.2) is 8.78 Å². The molecule has 0 unspecified atom stereocenters. The minimum Gasteiger partial charge on any atom is -0.343 e. The zero-order valence-corrected chi connectivity index (χ0v) is 17.9. The molecule has 0 radical (unpaired) electrons. The number of likely N-dealkylation sites (tertiary alicyclic amines) is 1. The predicted octanol–water partition coefficient (Wildman–Crippen LogP) is 2.39. The maximum Gasteiger partial charge on any atom is 0.268 e. The first-order valence-electron chi connectivity index (χ1n) is 10.7. The lowest BCUT2D eigenvalue weighted by atomic mass is 9.98. The van der Waals surface area contributed by atoms with Crippen LogP contribution in [0.4, 0.5) is 8.78 Å². The standard InChI is InChI=1S/C24H23F2N5O2/c25-24(26)10-20(11-27)31(15-24)22(32)14-30-23(33)21-6-8-29-13-19(21)4-2-16-1-3-18-12-28-7-5-17(18)9-16/h1-4,6,8-9,13,20,28H,5,7,10,12,14-15H2,(H,30,33)/b4-2+/t20-/m0/s1. The highest BCUT2D eigenvalue weighted by atomic mass is 19.3. The van der Waals surface area contributed by atoms with E-state index in [9.17, 15) is 18.4 Å². The number of carbonyl (C=O) groups is 2. The van der Waals surface area contributed by atoms with E-state index in [4.69, 9.17) is 5.26 Å². The van der Waals surface area contributed by atoms with Gasteiger partial charge in [-0.2, -0.15) is 5.26 Å². The van der Waals surface area contributed by atoms with Gasteiger partial charge < -0.3 is 15.5 Å². The molecule has 3 heterocycles. The van der Waals surface area contributed by atoms with Crippen LogP contribution in [0.15, 0.2) is 36.7 Å². The third-order valence-electron chi connectivity index (χ3n) is 5.81. The topological polar surface area (TPSA) is 98.1 Å². The molecular formula is C24H23F2N5O2. The highest BCUT2D eigenvalue weighted by Crippen LogP contribution is 2.31. The van der Waals surface area contributed by atoms with E-state index in [0.29, 0.717) is 11.1 Å². The van der Waals surface area contributed by atoms with Gasteiger partial charge in [-0.15, -0.1) is 0 Å². The van der Waals surface area contributed by atoms with Crippen LogP contribution in [0.1, 0.15) is 39.0 Å². The Morgan fingerprint density at radius 3 is 2.97 bits per heavy atom. The molecule has 1 atom stereocenters. The van der Waals surface area contributed by atoms with Gasteiger partial charge in [0, 0.05) is 36.5 Å². The molecular weight excluding hydrogens is 428 g/mol. The van der Waals surface area contributed by atoms with Crippen LogP contribution in [-0.2, 0) is 17.8 Å². The van der Waals surface area contributed by atoms with Crippen LogP contribution in [0.3, 0.4) is 0 Å². The summed E-state index contributed by atoms with van der Waals surface area (Å²) in [4.78, 5) is 29.9. The van der Waals surface area contributed by atoms with Crippen LogP contribution in [0.5, 0.6) is 0 Å². The molecule has 0 spiro atoms. The lowest BCUT2D eigenvalue weighted by Crippen LogP contribution is -2.43. The summed E-state index contributed by atoms with van der Waals surface area (Å²) in [7, 11) is 0. The summed E-state index contributed by atoms with van der Waals surface area (Å²) < 4.78 is 27.2. The van der Waals surface area contributed by atoms with E-state index in [-0.39, 0.29) is 0 Å². The molecule has 7 nitrogen and oxygen atoms in total. The van der Waals surface area contributed by atoms with Crippen molar-refractivity contribution in [3.8, 4) is 6.07 Å². The number of alkyl halides is 2. The lowest BCUT2D eigenvalue weighted by Gasteiger charge is -2.19. The molecule has 170 valence electrons. The number of nitrogens with one attached hydrogen (secondary N) is 2. The Morgan fingerprint density at radius 1 is 1.30 bits per heavy atom. The van der Waals surface area contributed by atoms with Crippen molar-refractivity contribution in [1.82, 2.24) is 20.5 Å². The van der Waals surface area contributed by atoms with E-state index in [0.717, 1.165) is 30.0 Å². The monoisotopic (exact) mass is 451 g/mol. The first kappa shape index (κ1) is 22.6. The van der Waals surface area contributed by atoms with Crippen LogP contribution in [0.25, 0.3) is 12.2 Å². The third-order valence-corrected chi connectivity index (χ3v) is 5.81. The predicted molar refractivity (Wildman–Crippen MR) is 118 cm³/mol. The Labute approximate surface area is 190 Å². The zero-order valence-electron chi connectivity index (χ0n) is 17.9. The molecule has 2 aliphatic heterocycles. The second kappa shape index (κ2) is 9.46. The molecule has 1 aromatic carbocycles. The number of benzene rings is 1. The van der Waals surface area contributed by atoms with Gasteiger partial charge in [-0.05, 0) is 35.7 Å². The highest BCUT2D eigenvalue weighted by molar-refractivity contribution is 6.00. The second-order valence-electron chi connectivity index (χ2n) is 8.16. The van der Waals surface area contributed by atoms with E-state index in [1.54, 1.807) is 18.3 Å². The van der Waals surface area contributed by atoms with E-state index in [1.807, 2.05) is 12.1 Å². The number of aromatic nitrogens is 1. The number of hydrogen-bond donors (Lipinski definition) is 2. The lowest BCUT2D eigenvalue weighted by molar-refractivity contribution is -0.131. The number of amides is 2. The van der Waals surface area contributed by atoms with Crippen molar-refractivity contribution < 1.29 is 18.4 Å². The number of halogens is 2. The fourth-order valence-electron chi connectivity index (χ4n) is 4.08. The van der Waals surface area contributed by atoms with Gasteiger partial charge in [0.25, 0.3) is 11.8 Å². The summed E-state index contributed by atoms with van der Waals surface area (Å²) in [5.74, 6) is -4.35. The molecule has 0 bridgehead atoms. The summed E-state index contributed by atoms with van der Waals surface area (Å²) in [5, 5.41) is 14.9. The van der Waals surface area contributed by atoms with Crippen LogP contribution in [-0.4, -0.2) is 53.3 Å². The van der Waals surface area contributed by atoms with Crippen LogP contribution < -0.4 is 10.6 Å². The molecule has 2 N–H and O–H groups in total. The van der Waals surface area contributed by atoms with Crippen molar-refractivity contribution in [3.63, 3.8) is 0 Å². The maximum atomic E-state index is 13.6. The Kier molecular flexibility index (Phi) is 6.47. The van der Waals surface area contributed by atoms with E-state index < -0.39 is 43.3 Å². The van der Waals surface area contributed by atoms with Crippen LogP contribution in [0.2, 0.25) is 0 Å². The molecule has 1 aromatic heterocycles. The highest BCUT2D eigenvalue weighted by Gasteiger charge is 2.47. The minimum atomic E-state index is -3.10. The number of fused-ring (bicyclic) bond motifs is 1. The van der Waals surface area contributed by atoms with Crippen molar-refractivity contribution in [1.29, 1.82) is 5.26 Å². The molecule has 2 amide bonds. The van der Waals surface area contributed by atoms with Crippen LogP contribution >= 0.6 is 0 Å². The smallest absolute Gasteiger partial charge is 0.268 e. The summed E-state index contributed by atoms with van der Waals surface area (Å²) >= 11 is 0. The molecule has 33 heavy (non-hydrogen) atoms. The van der Waals surface area contributed by atoms with Crippen molar-refractivity contribution >= 4 is 24.0 Å². The van der Waals surface area contributed by atoms with Gasteiger partial charge in [0.05, 0.1) is 19.2 Å². The average Bonchev–Trinajstić information content (AvgIpc) is 3.15. The minimum absolute atomic E-state index is 0.305. The Morgan fingerprint density at radius 2 is 2.15 bits per heavy atom. The Hall–Kier alpha value is -3.64. The number of nitrogens with zero attached hydrogens (tertiary/aromatic N) is 3. The Bertz CT molecular complexity index is 1140. The first-order valence-corrected chi connectivity index (χ1v) is 10.7. The fraction of sp³-hybridized carbons (Fsp3) is 0.333. The van der Waals surface area contributed by atoms with E-state index >= 15 is 0 Å². The number of nitriles is 1. The summed E-state index contributed by atoms with van der Waals surface area (Å²) in [5.41, 5.74) is 4.43. The number of pyridine rings is 1. The van der Waals surface area contributed by atoms with Gasteiger partial charge in [0.1, 0.15) is 6.04 Å². The van der Waals surface area contributed by atoms with Crippen molar-refractivity contribution in [2.24, 2.45) is 0 Å². The zero-order chi connectivity index (χ0) is 23.4. The molecule has 2 aliphatic rings. The van der Waals surface area contributed by atoms with E-state index in [2.05, 4.69) is 27.8 Å². The quantitative estimate of drug-likeness (QED) is 0.728. The summed E-state index contributed by atoms with van der Waals surface area (Å²) in [6.45, 7) is 0.503. The van der Waals surface area contributed by atoms with E-state index in [1.165, 1.54) is 23.4 Å². The van der Waals surface area contributed by atoms with Crippen molar-refractivity contribution in [2.45, 2.75) is 31.4 Å². The van der Waals surface area contributed by atoms with Crippen LogP contribution in [0, 0.1) is 11.3 Å². The normalized spacial score (nSPS) is 19.2. The van der Waals surface area contributed by atoms with Gasteiger partial charge in [0.2, 0.25) is 5.91 Å². The second-order valence-corrected chi connectivity index (χ2v) is 8.16. The Balaban J connectivity index is 1.43. The fourth-order valence-corrected chi connectivity index (χ4v) is 4.08.